The van der Waals surface area contributed by atoms with Crippen molar-refractivity contribution in [2.75, 3.05) is 18.5 Å². The van der Waals surface area contributed by atoms with E-state index < -0.39 is 30.3 Å². The first kappa shape index (κ1) is 18.6. The molecule has 0 saturated heterocycles. The average Bonchev–Trinajstić information content (AvgIpc) is 2.89. The van der Waals surface area contributed by atoms with E-state index in [0.29, 0.717) is 21.8 Å². The summed E-state index contributed by atoms with van der Waals surface area (Å²) in [5.41, 5.74) is 1.11. The van der Waals surface area contributed by atoms with Gasteiger partial charge in [-0.2, -0.15) is 0 Å². The molecule has 2 aromatic carbocycles. The van der Waals surface area contributed by atoms with Crippen LogP contribution in [-0.2, 0) is 14.3 Å². The predicted octanol–water partition coefficient (Wildman–Crippen LogP) is 2.51. The molecule has 0 unspecified atom stereocenters. The summed E-state index contributed by atoms with van der Waals surface area (Å²) in [5.74, 6) is -2.09. The van der Waals surface area contributed by atoms with Crippen molar-refractivity contribution in [1.29, 1.82) is 0 Å². The maximum Gasteiger partial charge on any atom is 0.308 e. The Morgan fingerprint density at radius 2 is 1.67 bits per heavy atom. The van der Waals surface area contributed by atoms with Gasteiger partial charge in [0, 0.05) is 17.3 Å². The first-order chi connectivity index (χ1) is 13.0. The number of nitrogens with one attached hydrogen (secondary N) is 1. The Morgan fingerprint density at radius 3 is 2.30 bits per heavy atom. The molecule has 0 radical (unpaired) electrons. The molecule has 2 aromatic rings. The van der Waals surface area contributed by atoms with Crippen LogP contribution in [0.25, 0.3) is 0 Å². The highest BCUT2D eigenvalue weighted by Gasteiger charge is 2.35. The second kappa shape index (κ2) is 8.01. The van der Waals surface area contributed by atoms with Gasteiger partial charge in [0.15, 0.2) is 6.61 Å². The predicted molar refractivity (Wildman–Crippen MR) is 97.5 cm³/mol. The highest BCUT2D eigenvalue weighted by Crippen LogP contribution is 2.22. The molecule has 0 aromatic heterocycles. The molecule has 0 fully saturated rings. The average molecular weight is 387 g/mol. The van der Waals surface area contributed by atoms with Gasteiger partial charge < -0.3 is 10.1 Å². The van der Waals surface area contributed by atoms with Crippen LogP contribution in [-0.4, -0.2) is 41.7 Å². The molecule has 1 heterocycles. The number of esters is 1. The number of halogens is 1. The number of ether oxygens (including phenoxy) is 1. The van der Waals surface area contributed by atoms with Crippen molar-refractivity contribution in [3.63, 3.8) is 0 Å². The van der Waals surface area contributed by atoms with Crippen LogP contribution in [0.3, 0.4) is 0 Å². The fraction of sp³-hybridized carbons (Fsp3) is 0.158. The van der Waals surface area contributed by atoms with E-state index in [2.05, 4.69) is 5.32 Å². The van der Waals surface area contributed by atoms with Gasteiger partial charge in [-0.1, -0.05) is 29.8 Å². The van der Waals surface area contributed by atoms with Gasteiger partial charge in [-0.25, -0.2) is 0 Å². The summed E-state index contributed by atoms with van der Waals surface area (Å²) >= 11 is 5.82. The van der Waals surface area contributed by atoms with Gasteiger partial charge in [-0.3, -0.25) is 24.1 Å². The zero-order chi connectivity index (χ0) is 19.4. The van der Waals surface area contributed by atoms with Gasteiger partial charge in [0.1, 0.15) is 0 Å². The third kappa shape index (κ3) is 4.32. The summed E-state index contributed by atoms with van der Waals surface area (Å²) < 4.78 is 4.88. The molecule has 0 atom stereocenters. The summed E-state index contributed by atoms with van der Waals surface area (Å²) in [4.78, 5) is 49.0. The second-order valence-electron chi connectivity index (χ2n) is 5.78. The molecule has 27 heavy (non-hydrogen) atoms. The number of fused-ring (bicyclic) bond motifs is 1. The van der Waals surface area contributed by atoms with Gasteiger partial charge in [-0.05, 0) is 30.3 Å². The Balaban J connectivity index is 1.46. The number of carbonyl (C=O) groups excluding carboxylic acids is 4. The molecular weight excluding hydrogens is 372 g/mol. The minimum Gasteiger partial charge on any atom is -0.456 e. The fourth-order valence-electron chi connectivity index (χ4n) is 2.63. The number of benzene rings is 2. The molecule has 1 aliphatic heterocycles. The molecule has 1 N–H and O–H groups in total. The fourth-order valence-corrected chi connectivity index (χ4v) is 2.82. The normalized spacial score (nSPS) is 12.7. The van der Waals surface area contributed by atoms with Crippen molar-refractivity contribution < 1.29 is 23.9 Å². The van der Waals surface area contributed by atoms with Crippen LogP contribution in [0.1, 0.15) is 27.1 Å². The number of carbonyl (C=O) groups is 4. The number of hydrogen-bond acceptors (Lipinski definition) is 5. The number of imide groups is 1. The van der Waals surface area contributed by atoms with Crippen LogP contribution in [0.4, 0.5) is 5.69 Å². The lowest BCUT2D eigenvalue weighted by atomic mass is 10.1. The minimum atomic E-state index is -0.687. The van der Waals surface area contributed by atoms with E-state index in [4.69, 9.17) is 16.3 Å². The monoisotopic (exact) mass is 386 g/mol. The zero-order valence-electron chi connectivity index (χ0n) is 14.1. The van der Waals surface area contributed by atoms with Gasteiger partial charge in [0.25, 0.3) is 17.7 Å². The molecule has 8 heteroatoms. The van der Waals surface area contributed by atoms with Gasteiger partial charge in [-0.15, -0.1) is 0 Å². The van der Waals surface area contributed by atoms with E-state index in [1.54, 1.807) is 48.5 Å². The summed E-state index contributed by atoms with van der Waals surface area (Å²) in [5, 5.41) is 3.01. The number of hydrogen-bond donors (Lipinski definition) is 1. The Morgan fingerprint density at radius 1 is 1.00 bits per heavy atom. The molecular formula is C19H15ClN2O5. The Bertz CT molecular complexity index is 893. The van der Waals surface area contributed by atoms with E-state index in [1.165, 1.54) is 0 Å². The van der Waals surface area contributed by atoms with Crippen molar-refractivity contribution in [2.24, 2.45) is 0 Å². The van der Waals surface area contributed by atoms with Crippen molar-refractivity contribution >= 4 is 41.0 Å². The van der Waals surface area contributed by atoms with Crippen LogP contribution in [0.5, 0.6) is 0 Å². The lowest BCUT2D eigenvalue weighted by Gasteiger charge is -2.13. The number of rotatable bonds is 6. The van der Waals surface area contributed by atoms with E-state index in [9.17, 15) is 19.2 Å². The van der Waals surface area contributed by atoms with Crippen LogP contribution < -0.4 is 5.32 Å². The van der Waals surface area contributed by atoms with Crippen molar-refractivity contribution in [3.8, 4) is 0 Å². The Kier molecular flexibility index (Phi) is 5.52. The first-order valence-electron chi connectivity index (χ1n) is 8.12. The Hall–Kier alpha value is -3.19. The summed E-state index contributed by atoms with van der Waals surface area (Å²) in [6, 6.07) is 13.0. The third-order valence-corrected chi connectivity index (χ3v) is 4.13. The molecule has 0 spiro atoms. The highest BCUT2D eigenvalue weighted by molar-refractivity contribution is 6.30. The molecule has 3 rings (SSSR count). The van der Waals surface area contributed by atoms with Crippen LogP contribution >= 0.6 is 11.6 Å². The zero-order valence-corrected chi connectivity index (χ0v) is 14.9. The SMILES string of the molecule is O=C(COC(=O)CCN1C(=O)c2ccccc2C1=O)Nc1cccc(Cl)c1. The van der Waals surface area contributed by atoms with Crippen LogP contribution in [0.2, 0.25) is 5.02 Å². The molecule has 1 aliphatic rings. The maximum absolute atomic E-state index is 12.2. The quantitative estimate of drug-likeness (QED) is 0.608. The van der Waals surface area contributed by atoms with Crippen LogP contribution in [0.15, 0.2) is 48.5 Å². The number of nitrogens with zero attached hydrogens (tertiary/aromatic N) is 1. The molecule has 0 bridgehead atoms. The third-order valence-electron chi connectivity index (χ3n) is 3.89. The van der Waals surface area contributed by atoms with E-state index in [-0.39, 0.29) is 13.0 Å². The first-order valence-corrected chi connectivity index (χ1v) is 8.50. The molecule has 0 saturated carbocycles. The lowest BCUT2D eigenvalue weighted by Crippen LogP contribution is -2.32. The largest absolute Gasteiger partial charge is 0.456 e. The topological polar surface area (TPSA) is 92.8 Å². The Labute approximate surface area is 159 Å². The molecule has 3 amide bonds. The van der Waals surface area contributed by atoms with Gasteiger partial charge >= 0.3 is 5.97 Å². The maximum atomic E-state index is 12.2. The van der Waals surface area contributed by atoms with Crippen molar-refractivity contribution in [1.82, 2.24) is 4.90 Å². The molecule has 0 aliphatic carbocycles. The van der Waals surface area contributed by atoms with Gasteiger partial charge in [0.05, 0.1) is 17.5 Å². The second-order valence-corrected chi connectivity index (χ2v) is 6.21. The van der Waals surface area contributed by atoms with E-state index in [0.717, 1.165) is 4.90 Å². The number of anilines is 1. The summed E-state index contributed by atoms with van der Waals surface area (Å²) in [6.07, 6.45) is -0.198. The number of amides is 3. The standard InChI is InChI=1S/C19H15ClN2O5/c20-12-4-3-5-13(10-12)21-16(23)11-27-17(24)8-9-22-18(25)14-6-1-2-7-15(14)19(22)26/h1-7,10H,8-9,11H2,(H,21,23). The van der Waals surface area contributed by atoms with E-state index >= 15 is 0 Å². The smallest absolute Gasteiger partial charge is 0.308 e. The highest BCUT2D eigenvalue weighted by atomic mass is 35.5. The van der Waals surface area contributed by atoms with Gasteiger partial charge in [0.2, 0.25) is 0 Å². The molecule has 7 nitrogen and oxygen atoms in total. The minimum absolute atomic E-state index is 0.110. The summed E-state index contributed by atoms with van der Waals surface area (Å²) in [6.45, 7) is -0.589. The molecule has 138 valence electrons. The summed E-state index contributed by atoms with van der Waals surface area (Å²) in [7, 11) is 0. The lowest BCUT2D eigenvalue weighted by molar-refractivity contribution is -0.147. The van der Waals surface area contributed by atoms with Crippen LogP contribution in [0, 0.1) is 0 Å². The van der Waals surface area contributed by atoms with E-state index in [1.807, 2.05) is 0 Å². The van der Waals surface area contributed by atoms with Crippen molar-refractivity contribution in [2.45, 2.75) is 6.42 Å². The van der Waals surface area contributed by atoms with Crippen molar-refractivity contribution in [3.05, 3.63) is 64.7 Å².